The number of hydrogen-bond donors (Lipinski definition) is 1. The summed E-state index contributed by atoms with van der Waals surface area (Å²) in [6.45, 7) is 4.83. The van der Waals surface area contributed by atoms with Crippen molar-refractivity contribution in [2.45, 2.75) is 52.6 Å². The highest BCUT2D eigenvalue weighted by Crippen LogP contribution is 2.61. The van der Waals surface area contributed by atoms with Gasteiger partial charge in [0.1, 0.15) is 25.1 Å². The highest BCUT2D eigenvalue weighted by molar-refractivity contribution is 5.93. The van der Waals surface area contributed by atoms with Gasteiger partial charge < -0.3 is 24.1 Å². The Morgan fingerprint density at radius 2 is 1.71 bits per heavy atom. The molecule has 9 nitrogen and oxygen atoms in total. The number of ether oxygens (including phenoxy) is 4. The molecule has 1 aromatic carbocycles. The Hall–Kier alpha value is -3.36. The maximum absolute atomic E-state index is 13.1. The van der Waals surface area contributed by atoms with Crippen molar-refractivity contribution in [1.29, 1.82) is 0 Å². The molecule has 0 spiro atoms. The minimum atomic E-state index is -0.807. The Kier molecular flexibility index (Phi) is 6.62. The molecule has 35 heavy (non-hydrogen) atoms. The lowest BCUT2D eigenvalue weighted by molar-refractivity contribution is -0.167. The van der Waals surface area contributed by atoms with E-state index in [9.17, 15) is 24.3 Å². The van der Waals surface area contributed by atoms with Crippen molar-refractivity contribution in [3.63, 3.8) is 0 Å². The van der Waals surface area contributed by atoms with E-state index in [0.29, 0.717) is 18.4 Å². The van der Waals surface area contributed by atoms with Crippen LogP contribution in [0.15, 0.2) is 35.4 Å². The molecule has 188 valence electrons. The molecule has 1 fully saturated rings. The van der Waals surface area contributed by atoms with Crippen LogP contribution < -0.4 is 0 Å². The second kappa shape index (κ2) is 9.36. The normalized spacial score (nSPS) is 29.5. The van der Waals surface area contributed by atoms with Crippen LogP contribution in [0.3, 0.4) is 0 Å². The predicted molar refractivity (Wildman–Crippen MR) is 121 cm³/mol. The number of benzene rings is 1. The van der Waals surface area contributed by atoms with Gasteiger partial charge in [0.25, 0.3) is 0 Å². The third-order valence-corrected chi connectivity index (χ3v) is 7.55. The fraction of sp³-hybridized carbons (Fsp3) is 0.538. The number of phenols is 1. The van der Waals surface area contributed by atoms with Crippen LogP contribution in [-0.4, -0.2) is 54.9 Å². The zero-order valence-electron chi connectivity index (χ0n) is 20.1. The third-order valence-electron chi connectivity index (χ3n) is 7.55. The fourth-order valence-corrected chi connectivity index (χ4v) is 6.15. The number of fused-ring (bicyclic) bond motifs is 2. The first-order valence-electron chi connectivity index (χ1n) is 11.7. The van der Waals surface area contributed by atoms with E-state index < -0.39 is 46.7 Å². The smallest absolute Gasteiger partial charge is 0.338 e. The van der Waals surface area contributed by atoms with Crippen LogP contribution >= 0.6 is 0 Å². The molecule has 1 aromatic rings. The van der Waals surface area contributed by atoms with E-state index in [1.165, 1.54) is 38.1 Å². The van der Waals surface area contributed by atoms with Crippen LogP contribution in [0.4, 0.5) is 0 Å². The molecule has 0 bridgehead atoms. The molecule has 2 aliphatic carbocycles. The summed E-state index contributed by atoms with van der Waals surface area (Å²) in [5.41, 5.74) is 0.0554. The monoisotopic (exact) mass is 486 g/mol. The van der Waals surface area contributed by atoms with Crippen LogP contribution in [0.2, 0.25) is 0 Å². The maximum Gasteiger partial charge on any atom is 0.338 e. The van der Waals surface area contributed by atoms with Crippen LogP contribution in [0.1, 0.15) is 56.8 Å². The summed E-state index contributed by atoms with van der Waals surface area (Å²) >= 11 is 0. The molecule has 4 atom stereocenters. The summed E-state index contributed by atoms with van der Waals surface area (Å²) in [6.07, 6.45) is 1.43. The minimum Gasteiger partial charge on any atom is -0.508 e. The summed E-state index contributed by atoms with van der Waals surface area (Å²) in [7, 11) is 0. The Morgan fingerprint density at radius 1 is 1.06 bits per heavy atom. The first-order chi connectivity index (χ1) is 16.6. The molecule has 1 aliphatic heterocycles. The van der Waals surface area contributed by atoms with Crippen LogP contribution in [-0.2, 0) is 33.3 Å². The lowest BCUT2D eigenvalue weighted by atomic mass is 9.48. The first-order valence-corrected chi connectivity index (χ1v) is 11.7. The topological polar surface area (TPSA) is 125 Å². The number of phenolic OH excluding ortho intramolecular Hbond substituents is 1. The first kappa shape index (κ1) is 24.8. The molecule has 9 heteroatoms. The Labute approximate surface area is 203 Å². The van der Waals surface area contributed by atoms with Crippen LogP contribution in [0.5, 0.6) is 5.75 Å². The molecular formula is C26H30O9. The van der Waals surface area contributed by atoms with Crippen LogP contribution in [0, 0.1) is 16.7 Å². The second-order valence-corrected chi connectivity index (χ2v) is 9.93. The number of esters is 4. The predicted octanol–water partition coefficient (Wildman–Crippen LogP) is 3.09. The molecular weight excluding hydrogens is 456 g/mol. The third kappa shape index (κ3) is 4.63. The van der Waals surface area contributed by atoms with E-state index in [2.05, 4.69) is 0 Å². The summed E-state index contributed by atoms with van der Waals surface area (Å²) in [4.78, 5) is 49.3. The quantitative estimate of drug-likeness (QED) is 0.477. The van der Waals surface area contributed by atoms with Gasteiger partial charge in [-0.05, 0) is 42.7 Å². The number of cyclic esters (lactones) is 1. The maximum atomic E-state index is 13.1. The fourth-order valence-electron chi connectivity index (χ4n) is 6.15. The van der Waals surface area contributed by atoms with E-state index in [1.807, 2.05) is 6.92 Å². The molecule has 0 saturated heterocycles. The van der Waals surface area contributed by atoms with Gasteiger partial charge in [0.15, 0.2) is 0 Å². The van der Waals surface area contributed by atoms with Gasteiger partial charge >= 0.3 is 23.9 Å². The van der Waals surface area contributed by atoms with Crippen LogP contribution in [0.25, 0.3) is 0 Å². The van der Waals surface area contributed by atoms with Crippen molar-refractivity contribution in [2.24, 2.45) is 16.7 Å². The number of carbonyl (C=O) groups excluding carboxylic acids is 4. The molecule has 3 aliphatic rings. The second-order valence-electron chi connectivity index (χ2n) is 9.93. The highest BCUT2D eigenvalue weighted by atomic mass is 16.6. The van der Waals surface area contributed by atoms with Crippen molar-refractivity contribution in [3.8, 4) is 5.75 Å². The highest BCUT2D eigenvalue weighted by Gasteiger charge is 2.62. The number of hydrogen-bond acceptors (Lipinski definition) is 9. The lowest BCUT2D eigenvalue weighted by Gasteiger charge is -2.57. The Bertz CT molecular complexity index is 1070. The molecule has 1 saturated carbocycles. The van der Waals surface area contributed by atoms with E-state index in [1.54, 1.807) is 0 Å². The number of aromatic hydroxyl groups is 1. The summed E-state index contributed by atoms with van der Waals surface area (Å²) in [5, 5.41) is 9.56. The molecule has 1 heterocycles. The summed E-state index contributed by atoms with van der Waals surface area (Å²) < 4.78 is 22.4. The summed E-state index contributed by atoms with van der Waals surface area (Å²) in [5.74, 6) is -2.33. The van der Waals surface area contributed by atoms with Gasteiger partial charge in [-0.15, -0.1) is 0 Å². The zero-order valence-corrected chi connectivity index (χ0v) is 20.1. The number of rotatable bonds is 6. The van der Waals surface area contributed by atoms with E-state index >= 15 is 0 Å². The molecule has 4 rings (SSSR count). The average Bonchev–Trinajstić information content (AvgIpc) is 3.18. The Balaban J connectivity index is 1.79. The molecule has 1 N–H and O–H groups in total. The van der Waals surface area contributed by atoms with Crippen molar-refractivity contribution < 1.29 is 43.2 Å². The van der Waals surface area contributed by atoms with Crippen molar-refractivity contribution in [2.75, 3.05) is 19.8 Å². The van der Waals surface area contributed by atoms with Gasteiger partial charge in [-0.1, -0.05) is 13.3 Å². The number of carbonyl (C=O) groups is 4. The van der Waals surface area contributed by atoms with Gasteiger partial charge in [0.2, 0.25) is 0 Å². The van der Waals surface area contributed by atoms with Gasteiger partial charge in [-0.3, -0.25) is 9.59 Å². The summed E-state index contributed by atoms with van der Waals surface area (Å²) in [6, 6.07) is 5.70. The zero-order chi connectivity index (χ0) is 25.4. The lowest BCUT2D eigenvalue weighted by Crippen LogP contribution is -2.58. The van der Waals surface area contributed by atoms with Crippen molar-refractivity contribution in [3.05, 3.63) is 41.0 Å². The molecule has 0 aromatic heterocycles. The SMILES string of the molecule is CC(=O)OC[C@@]1(C)CCC[C@]2(COC(C)=O)C3=C(C[C@@H](OC(=O)c4ccc(O)cc4)C12)C(=O)OC3. The van der Waals surface area contributed by atoms with E-state index in [0.717, 1.165) is 12.0 Å². The van der Waals surface area contributed by atoms with Gasteiger partial charge in [-0.2, -0.15) is 0 Å². The van der Waals surface area contributed by atoms with Gasteiger partial charge in [0.05, 0.1) is 12.2 Å². The standard InChI is InChI=1S/C26H30O9/c1-15(27)33-13-25(3)9-4-10-26(14-34-16(2)28)20-12-32-24(31)19(20)11-21(22(25)26)35-23(30)17-5-7-18(29)8-6-17/h5-8,21-22,29H,4,9-14H2,1-3H3/t21-,22?,25-,26+/m1/s1. The van der Waals surface area contributed by atoms with Gasteiger partial charge in [0, 0.05) is 42.6 Å². The molecule has 1 unspecified atom stereocenters. The van der Waals surface area contributed by atoms with E-state index in [-0.39, 0.29) is 37.6 Å². The molecule has 0 radical (unpaired) electrons. The van der Waals surface area contributed by atoms with Gasteiger partial charge in [-0.25, -0.2) is 9.59 Å². The minimum absolute atomic E-state index is 0.00535. The molecule has 0 amide bonds. The average molecular weight is 487 g/mol. The largest absolute Gasteiger partial charge is 0.508 e. The van der Waals surface area contributed by atoms with E-state index in [4.69, 9.17) is 18.9 Å². The van der Waals surface area contributed by atoms with Crippen molar-refractivity contribution >= 4 is 23.9 Å². The van der Waals surface area contributed by atoms with Crippen molar-refractivity contribution in [1.82, 2.24) is 0 Å². The Morgan fingerprint density at radius 3 is 2.37 bits per heavy atom.